The Bertz CT molecular complexity index is 312. The topological polar surface area (TPSA) is 12.5 Å². The van der Waals surface area contributed by atoms with Gasteiger partial charge >= 0.3 is 0 Å². The summed E-state index contributed by atoms with van der Waals surface area (Å²) >= 11 is 0. The van der Waals surface area contributed by atoms with Gasteiger partial charge in [-0.05, 0) is 24.4 Å². The first-order chi connectivity index (χ1) is 7.79. The fraction of sp³-hybridized carbons (Fsp3) is 0.571. The fourth-order valence-corrected chi connectivity index (χ4v) is 2.39. The zero-order chi connectivity index (χ0) is 11.4. The number of hydrogen-bond donors (Lipinski definition) is 0. The van der Waals surface area contributed by atoms with E-state index >= 15 is 0 Å². The zero-order valence-corrected chi connectivity index (χ0v) is 10.2. The van der Waals surface area contributed by atoms with Crippen molar-refractivity contribution in [3.8, 4) is 0 Å². The fourth-order valence-electron chi connectivity index (χ4n) is 2.39. The van der Waals surface area contributed by atoms with Crippen molar-refractivity contribution < 1.29 is 4.74 Å². The van der Waals surface area contributed by atoms with Crippen LogP contribution in [0.5, 0.6) is 0 Å². The van der Waals surface area contributed by atoms with E-state index in [0.717, 1.165) is 13.1 Å². The molecular weight excluding hydrogens is 198 g/mol. The summed E-state index contributed by atoms with van der Waals surface area (Å²) in [4.78, 5) is 2.49. The van der Waals surface area contributed by atoms with Crippen LogP contribution in [0.3, 0.4) is 0 Å². The van der Waals surface area contributed by atoms with Gasteiger partial charge in [-0.15, -0.1) is 0 Å². The van der Waals surface area contributed by atoms with Crippen LogP contribution in [0.25, 0.3) is 0 Å². The third-order valence-electron chi connectivity index (χ3n) is 3.53. The molecule has 1 aromatic carbocycles. The zero-order valence-electron chi connectivity index (χ0n) is 10.2. The molecular formula is C14H21NO. The Morgan fingerprint density at radius 2 is 2.06 bits per heavy atom. The molecule has 1 saturated heterocycles. The predicted octanol–water partition coefficient (Wildman–Crippen LogP) is 2.54. The summed E-state index contributed by atoms with van der Waals surface area (Å²) in [7, 11) is 1.83. The number of piperidine rings is 1. The minimum atomic E-state index is 0.400. The molecule has 0 saturated carbocycles. The van der Waals surface area contributed by atoms with Crippen LogP contribution >= 0.6 is 0 Å². The monoisotopic (exact) mass is 219 g/mol. The van der Waals surface area contributed by atoms with Gasteiger partial charge in [-0.2, -0.15) is 0 Å². The summed E-state index contributed by atoms with van der Waals surface area (Å²) in [6, 6.07) is 10.7. The van der Waals surface area contributed by atoms with Crippen LogP contribution in [0.15, 0.2) is 30.3 Å². The summed E-state index contributed by atoms with van der Waals surface area (Å²) in [5.74, 6) is 0.692. The second-order valence-corrected chi connectivity index (χ2v) is 4.76. The maximum Gasteiger partial charge on any atom is 0.0724 e. The van der Waals surface area contributed by atoms with E-state index in [9.17, 15) is 0 Å². The number of benzene rings is 1. The van der Waals surface area contributed by atoms with E-state index in [1.54, 1.807) is 0 Å². The molecule has 0 amide bonds. The van der Waals surface area contributed by atoms with Gasteiger partial charge in [0.2, 0.25) is 0 Å². The molecule has 2 rings (SSSR count). The number of rotatable bonds is 3. The highest BCUT2D eigenvalue weighted by Crippen LogP contribution is 2.20. The Morgan fingerprint density at radius 3 is 2.75 bits per heavy atom. The van der Waals surface area contributed by atoms with E-state index in [2.05, 4.69) is 42.2 Å². The van der Waals surface area contributed by atoms with Crippen LogP contribution in [-0.2, 0) is 11.3 Å². The molecule has 1 fully saturated rings. The third kappa shape index (κ3) is 2.83. The van der Waals surface area contributed by atoms with Gasteiger partial charge in [0.05, 0.1) is 6.10 Å². The number of methoxy groups -OCH3 is 1. The first-order valence-corrected chi connectivity index (χ1v) is 6.08. The van der Waals surface area contributed by atoms with Crippen LogP contribution in [0.1, 0.15) is 18.9 Å². The van der Waals surface area contributed by atoms with Crippen molar-refractivity contribution in [3.63, 3.8) is 0 Å². The lowest BCUT2D eigenvalue weighted by Crippen LogP contribution is -2.43. The molecule has 0 unspecified atom stereocenters. The van der Waals surface area contributed by atoms with Crippen molar-refractivity contribution >= 4 is 0 Å². The molecule has 0 spiro atoms. The lowest BCUT2D eigenvalue weighted by molar-refractivity contribution is -0.00744. The summed E-state index contributed by atoms with van der Waals surface area (Å²) in [6.45, 7) is 5.59. The molecule has 88 valence electrons. The lowest BCUT2D eigenvalue weighted by Gasteiger charge is -2.36. The third-order valence-corrected chi connectivity index (χ3v) is 3.53. The number of hydrogen-bond acceptors (Lipinski definition) is 2. The first-order valence-electron chi connectivity index (χ1n) is 6.08. The average Bonchev–Trinajstić information content (AvgIpc) is 2.33. The van der Waals surface area contributed by atoms with Crippen LogP contribution in [0.2, 0.25) is 0 Å². The molecule has 2 nitrogen and oxygen atoms in total. The molecule has 1 aromatic rings. The quantitative estimate of drug-likeness (QED) is 0.774. The van der Waals surface area contributed by atoms with Gasteiger partial charge in [-0.25, -0.2) is 0 Å². The van der Waals surface area contributed by atoms with Crippen LogP contribution in [0.4, 0.5) is 0 Å². The van der Waals surface area contributed by atoms with Gasteiger partial charge in [0, 0.05) is 20.2 Å². The Balaban J connectivity index is 1.92. The smallest absolute Gasteiger partial charge is 0.0724 e. The minimum Gasteiger partial charge on any atom is -0.380 e. The highest BCUT2D eigenvalue weighted by Gasteiger charge is 2.25. The van der Waals surface area contributed by atoms with E-state index < -0.39 is 0 Å². The van der Waals surface area contributed by atoms with E-state index in [-0.39, 0.29) is 0 Å². The average molecular weight is 219 g/mol. The summed E-state index contributed by atoms with van der Waals surface area (Å²) in [5.41, 5.74) is 1.40. The second kappa shape index (κ2) is 5.46. The van der Waals surface area contributed by atoms with E-state index in [1.807, 2.05) is 7.11 Å². The summed E-state index contributed by atoms with van der Waals surface area (Å²) in [6.07, 6.45) is 1.64. The number of likely N-dealkylation sites (tertiary alicyclic amines) is 1. The van der Waals surface area contributed by atoms with Crippen LogP contribution < -0.4 is 0 Å². The normalized spacial score (nSPS) is 26.9. The summed E-state index contributed by atoms with van der Waals surface area (Å²) < 4.78 is 5.53. The van der Waals surface area contributed by atoms with Gasteiger partial charge in [0.1, 0.15) is 0 Å². The molecule has 0 N–H and O–H groups in total. The molecule has 0 radical (unpaired) electrons. The standard InChI is InChI=1S/C14H21NO/c1-12-8-9-15(11-14(12)16-2)10-13-6-4-3-5-7-13/h3-7,12,14H,8-11H2,1-2H3/t12-,14-/m0/s1. The first kappa shape index (κ1) is 11.6. The molecule has 1 aliphatic heterocycles. The van der Waals surface area contributed by atoms with E-state index in [0.29, 0.717) is 12.0 Å². The lowest BCUT2D eigenvalue weighted by atomic mass is 9.95. The SMILES string of the molecule is CO[C@H]1CN(Cc2ccccc2)CC[C@@H]1C. The second-order valence-electron chi connectivity index (χ2n) is 4.76. The molecule has 1 heterocycles. The van der Waals surface area contributed by atoms with E-state index in [1.165, 1.54) is 18.5 Å². The van der Waals surface area contributed by atoms with Crippen molar-refractivity contribution in [3.05, 3.63) is 35.9 Å². The maximum absolute atomic E-state index is 5.53. The van der Waals surface area contributed by atoms with Crippen molar-refractivity contribution in [2.75, 3.05) is 20.2 Å². The predicted molar refractivity (Wildman–Crippen MR) is 66.3 cm³/mol. The molecule has 2 atom stereocenters. The van der Waals surface area contributed by atoms with E-state index in [4.69, 9.17) is 4.74 Å². The van der Waals surface area contributed by atoms with Gasteiger partial charge in [0.15, 0.2) is 0 Å². The van der Waals surface area contributed by atoms with Gasteiger partial charge < -0.3 is 4.74 Å². The van der Waals surface area contributed by atoms with Crippen molar-refractivity contribution in [1.82, 2.24) is 4.90 Å². The molecule has 2 heteroatoms. The Kier molecular flexibility index (Phi) is 3.97. The molecule has 1 aliphatic rings. The minimum absolute atomic E-state index is 0.400. The van der Waals surface area contributed by atoms with Gasteiger partial charge in [0.25, 0.3) is 0 Å². The largest absolute Gasteiger partial charge is 0.380 e. The van der Waals surface area contributed by atoms with Crippen molar-refractivity contribution in [2.24, 2.45) is 5.92 Å². The van der Waals surface area contributed by atoms with Gasteiger partial charge in [-0.3, -0.25) is 4.90 Å². The Hall–Kier alpha value is -0.860. The number of ether oxygens (including phenoxy) is 1. The molecule has 0 bridgehead atoms. The van der Waals surface area contributed by atoms with Crippen LogP contribution in [-0.4, -0.2) is 31.2 Å². The van der Waals surface area contributed by atoms with Crippen molar-refractivity contribution in [2.45, 2.75) is 26.0 Å². The molecule has 0 aliphatic carbocycles. The van der Waals surface area contributed by atoms with Crippen molar-refractivity contribution in [1.29, 1.82) is 0 Å². The maximum atomic E-state index is 5.53. The summed E-state index contributed by atoms with van der Waals surface area (Å²) in [5, 5.41) is 0. The molecule has 0 aromatic heterocycles. The van der Waals surface area contributed by atoms with Crippen LogP contribution in [0, 0.1) is 5.92 Å². The Morgan fingerprint density at radius 1 is 1.31 bits per heavy atom. The molecule has 16 heavy (non-hydrogen) atoms. The highest BCUT2D eigenvalue weighted by atomic mass is 16.5. The highest BCUT2D eigenvalue weighted by molar-refractivity contribution is 5.14. The Labute approximate surface area is 98.2 Å². The van der Waals surface area contributed by atoms with Gasteiger partial charge in [-0.1, -0.05) is 37.3 Å². The number of nitrogens with zero attached hydrogens (tertiary/aromatic N) is 1.